The van der Waals surface area contributed by atoms with Crippen LogP contribution in [0.3, 0.4) is 0 Å². The van der Waals surface area contributed by atoms with Crippen LogP contribution in [0, 0.1) is 6.92 Å². The largest absolute Gasteiger partial charge is 0.390 e. The molecule has 0 bridgehead atoms. The summed E-state index contributed by atoms with van der Waals surface area (Å²) >= 11 is 5.94. The summed E-state index contributed by atoms with van der Waals surface area (Å²) in [5.74, 6) is 0. The lowest BCUT2D eigenvalue weighted by Crippen LogP contribution is -1.90. The molecule has 13 heavy (non-hydrogen) atoms. The van der Waals surface area contributed by atoms with Crippen LogP contribution in [0.2, 0.25) is 5.02 Å². The van der Waals surface area contributed by atoms with E-state index < -0.39 is 0 Å². The van der Waals surface area contributed by atoms with Gasteiger partial charge >= 0.3 is 0 Å². The van der Waals surface area contributed by atoms with E-state index in [0.717, 1.165) is 16.1 Å². The zero-order valence-corrected chi connectivity index (χ0v) is 7.91. The van der Waals surface area contributed by atoms with Crippen LogP contribution in [0.25, 0.3) is 5.52 Å². The highest BCUT2D eigenvalue weighted by molar-refractivity contribution is 6.31. The van der Waals surface area contributed by atoms with E-state index in [2.05, 4.69) is 5.10 Å². The van der Waals surface area contributed by atoms with E-state index in [9.17, 15) is 0 Å². The average molecular weight is 197 g/mol. The summed E-state index contributed by atoms with van der Waals surface area (Å²) < 4.78 is 1.72. The fourth-order valence-electron chi connectivity index (χ4n) is 1.24. The SMILES string of the molecule is Cc1cn2nc(CO)cc2cc1Cl. The van der Waals surface area contributed by atoms with Gasteiger partial charge in [0.15, 0.2) is 0 Å². The van der Waals surface area contributed by atoms with E-state index in [4.69, 9.17) is 16.7 Å². The Morgan fingerprint density at radius 1 is 1.54 bits per heavy atom. The Balaban J connectivity index is 2.70. The molecule has 4 heteroatoms. The smallest absolute Gasteiger partial charge is 0.0889 e. The van der Waals surface area contributed by atoms with E-state index in [1.165, 1.54) is 0 Å². The number of nitrogens with zero attached hydrogens (tertiary/aromatic N) is 2. The van der Waals surface area contributed by atoms with Crippen molar-refractivity contribution in [3.8, 4) is 0 Å². The second-order valence-electron chi connectivity index (χ2n) is 2.97. The Kier molecular flexibility index (Phi) is 1.98. The van der Waals surface area contributed by atoms with Crippen molar-refractivity contribution < 1.29 is 5.11 Å². The van der Waals surface area contributed by atoms with Gasteiger partial charge in [0.25, 0.3) is 0 Å². The van der Waals surface area contributed by atoms with Crippen molar-refractivity contribution in [1.82, 2.24) is 9.61 Å². The van der Waals surface area contributed by atoms with Gasteiger partial charge in [-0.3, -0.25) is 0 Å². The fraction of sp³-hybridized carbons (Fsp3) is 0.222. The van der Waals surface area contributed by atoms with Gasteiger partial charge in [-0.05, 0) is 24.6 Å². The zero-order chi connectivity index (χ0) is 9.42. The van der Waals surface area contributed by atoms with Crippen molar-refractivity contribution in [2.75, 3.05) is 0 Å². The predicted molar refractivity (Wildman–Crippen MR) is 50.9 cm³/mol. The Morgan fingerprint density at radius 3 is 3.00 bits per heavy atom. The van der Waals surface area contributed by atoms with Gasteiger partial charge in [0.1, 0.15) is 0 Å². The first kappa shape index (κ1) is 8.53. The number of hydrogen-bond acceptors (Lipinski definition) is 2. The molecule has 3 nitrogen and oxygen atoms in total. The topological polar surface area (TPSA) is 37.5 Å². The number of fused-ring (bicyclic) bond motifs is 1. The van der Waals surface area contributed by atoms with Crippen LogP contribution < -0.4 is 0 Å². The Morgan fingerprint density at radius 2 is 2.31 bits per heavy atom. The van der Waals surface area contributed by atoms with Gasteiger partial charge < -0.3 is 5.11 Å². The van der Waals surface area contributed by atoms with Crippen LogP contribution in [-0.4, -0.2) is 14.7 Å². The molecule has 0 unspecified atom stereocenters. The van der Waals surface area contributed by atoms with Crippen LogP contribution in [0.4, 0.5) is 0 Å². The molecule has 0 saturated heterocycles. The van der Waals surface area contributed by atoms with Crippen LogP contribution in [-0.2, 0) is 6.61 Å². The van der Waals surface area contributed by atoms with Crippen LogP contribution in [0.5, 0.6) is 0 Å². The predicted octanol–water partition coefficient (Wildman–Crippen LogP) is 1.79. The number of hydrogen-bond donors (Lipinski definition) is 1. The summed E-state index contributed by atoms with van der Waals surface area (Å²) in [6.45, 7) is 1.88. The highest BCUT2D eigenvalue weighted by Gasteiger charge is 2.02. The first-order valence-electron chi connectivity index (χ1n) is 3.96. The molecule has 0 fully saturated rings. The molecule has 0 aliphatic heterocycles. The molecule has 0 radical (unpaired) electrons. The Labute approximate surface area is 80.6 Å². The molecule has 0 aliphatic rings. The third-order valence-electron chi connectivity index (χ3n) is 1.94. The van der Waals surface area contributed by atoms with Crippen molar-refractivity contribution in [2.45, 2.75) is 13.5 Å². The first-order chi connectivity index (χ1) is 6.20. The summed E-state index contributed by atoms with van der Waals surface area (Å²) in [6.07, 6.45) is 1.84. The summed E-state index contributed by atoms with van der Waals surface area (Å²) in [6, 6.07) is 3.65. The maximum atomic E-state index is 8.87. The van der Waals surface area contributed by atoms with Crippen molar-refractivity contribution in [3.63, 3.8) is 0 Å². The van der Waals surface area contributed by atoms with Gasteiger partial charge in [-0.15, -0.1) is 0 Å². The molecule has 0 saturated carbocycles. The molecule has 2 rings (SSSR count). The first-order valence-corrected chi connectivity index (χ1v) is 4.34. The van der Waals surface area contributed by atoms with Crippen molar-refractivity contribution in [1.29, 1.82) is 0 Å². The summed E-state index contributed by atoms with van der Waals surface area (Å²) in [4.78, 5) is 0. The quantitative estimate of drug-likeness (QED) is 0.755. The number of pyridine rings is 1. The molecule has 0 amide bonds. The summed E-state index contributed by atoms with van der Waals surface area (Å²) in [5, 5.41) is 13.7. The second-order valence-corrected chi connectivity index (χ2v) is 3.37. The highest BCUT2D eigenvalue weighted by Crippen LogP contribution is 2.18. The van der Waals surface area contributed by atoms with E-state index in [-0.39, 0.29) is 6.61 Å². The minimum Gasteiger partial charge on any atom is -0.390 e. The third-order valence-corrected chi connectivity index (χ3v) is 2.35. The zero-order valence-electron chi connectivity index (χ0n) is 7.16. The van der Waals surface area contributed by atoms with Crippen molar-refractivity contribution in [2.24, 2.45) is 0 Å². The van der Waals surface area contributed by atoms with Crippen LogP contribution in [0.15, 0.2) is 18.3 Å². The molecule has 1 N–H and O–H groups in total. The summed E-state index contributed by atoms with van der Waals surface area (Å²) in [5.41, 5.74) is 2.53. The standard InChI is InChI=1S/C9H9ClN2O/c1-6-4-12-8(3-9(6)10)2-7(5-13)11-12/h2-4,13H,5H2,1H3. The summed E-state index contributed by atoms with van der Waals surface area (Å²) in [7, 11) is 0. The van der Waals surface area contributed by atoms with E-state index >= 15 is 0 Å². The monoisotopic (exact) mass is 196 g/mol. The molecular weight excluding hydrogens is 188 g/mol. The Hall–Kier alpha value is -1.06. The molecule has 0 aliphatic carbocycles. The number of aliphatic hydroxyl groups is 1. The highest BCUT2D eigenvalue weighted by atomic mass is 35.5. The lowest BCUT2D eigenvalue weighted by atomic mass is 10.3. The van der Waals surface area contributed by atoms with Crippen LogP contribution >= 0.6 is 11.6 Å². The van der Waals surface area contributed by atoms with Gasteiger partial charge in [-0.2, -0.15) is 5.10 Å². The van der Waals surface area contributed by atoms with E-state index in [1.54, 1.807) is 4.52 Å². The third kappa shape index (κ3) is 1.41. The van der Waals surface area contributed by atoms with Gasteiger partial charge in [0, 0.05) is 11.2 Å². The number of rotatable bonds is 1. The number of aryl methyl sites for hydroxylation is 1. The molecule has 2 aromatic rings. The molecule has 68 valence electrons. The fourth-order valence-corrected chi connectivity index (χ4v) is 1.40. The van der Waals surface area contributed by atoms with Gasteiger partial charge in [-0.25, -0.2) is 4.52 Å². The molecule has 2 heterocycles. The molecular formula is C9H9ClN2O. The lowest BCUT2D eigenvalue weighted by Gasteiger charge is -1.97. The normalized spacial score (nSPS) is 11.0. The Bertz CT molecular complexity index is 411. The molecule has 2 aromatic heterocycles. The van der Waals surface area contributed by atoms with Gasteiger partial charge in [-0.1, -0.05) is 11.6 Å². The number of aliphatic hydroxyl groups excluding tert-OH is 1. The van der Waals surface area contributed by atoms with Crippen molar-refractivity contribution in [3.05, 3.63) is 34.6 Å². The minimum atomic E-state index is -0.0433. The van der Waals surface area contributed by atoms with Crippen molar-refractivity contribution >= 4 is 17.1 Å². The average Bonchev–Trinajstić information content (AvgIpc) is 2.48. The maximum absolute atomic E-state index is 8.87. The molecule has 0 atom stereocenters. The number of halogens is 1. The molecule has 0 spiro atoms. The van der Waals surface area contributed by atoms with E-state index in [1.807, 2.05) is 25.3 Å². The second kappa shape index (κ2) is 3.01. The van der Waals surface area contributed by atoms with E-state index in [0.29, 0.717) is 5.69 Å². The van der Waals surface area contributed by atoms with Gasteiger partial charge in [0.05, 0.1) is 17.8 Å². The minimum absolute atomic E-state index is 0.0433. The van der Waals surface area contributed by atoms with Gasteiger partial charge in [0.2, 0.25) is 0 Å². The maximum Gasteiger partial charge on any atom is 0.0889 e. The lowest BCUT2D eigenvalue weighted by molar-refractivity contribution is 0.276. The molecule has 0 aromatic carbocycles. The number of aromatic nitrogens is 2. The van der Waals surface area contributed by atoms with Crippen LogP contribution in [0.1, 0.15) is 11.3 Å².